The first-order valence-corrected chi connectivity index (χ1v) is 7.05. The summed E-state index contributed by atoms with van der Waals surface area (Å²) in [4.78, 5) is 1.38. The topological polar surface area (TPSA) is 38.0 Å². The fourth-order valence-corrected chi connectivity index (χ4v) is 2.83. The van der Waals surface area contributed by atoms with Gasteiger partial charge < -0.3 is 11.1 Å². The number of thiophene rings is 1. The van der Waals surface area contributed by atoms with Crippen LogP contribution in [0.5, 0.6) is 0 Å². The van der Waals surface area contributed by atoms with Crippen LogP contribution >= 0.6 is 27.3 Å². The third kappa shape index (κ3) is 5.66. The van der Waals surface area contributed by atoms with Crippen LogP contribution in [0.25, 0.3) is 0 Å². The van der Waals surface area contributed by atoms with Crippen LogP contribution in [0.2, 0.25) is 0 Å². The molecular formula is C11H19BrN2S. The zero-order valence-corrected chi connectivity index (χ0v) is 11.5. The Morgan fingerprint density at radius 1 is 1.53 bits per heavy atom. The molecule has 1 aromatic heterocycles. The van der Waals surface area contributed by atoms with Crippen LogP contribution < -0.4 is 11.1 Å². The molecule has 1 atom stereocenters. The normalized spacial score (nSPS) is 13.0. The van der Waals surface area contributed by atoms with Crippen molar-refractivity contribution in [2.45, 2.75) is 38.8 Å². The number of unbranched alkanes of at least 4 members (excludes halogenated alkanes) is 1. The summed E-state index contributed by atoms with van der Waals surface area (Å²) in [5.41, 5.74) is 5.68. The Balaban J connectivity index is 2.00. The highest BCUT2D eigenvalue weighted by Crippen LogP contribution is 2.21. The van der Waals surface area contributed by atoms with Crippen LogP contribution in [-0.2, 0) is 6.54 Å². The maximum atomic E-state index is 5.68. The third-order valence-corrected chi connectivity index (χ3v) is 4.17. The van der Waals surface area contributed by atoms with E-state index in [0.29, 0.717) is 6.04 Å². The van der Waals surface area contributed by atoms with E-state index in [2.05, 4.69) is 39.6 Å². The molecule has 0 amide bonds. The summed E-state index contributed by atoms with van der Waals surface area (Å²) in [6.45, 7) is 4.11. The van der Waals surface area contributed by atoms with Crippen molar-refractivity contribution in [2.75, 3.05) is 6.54 Å². The van der Waals surface area contributed by atoms with Crippen molar-refractivity contribution < 1.29 is 0 Å². The van der Waals surface area contributed by atoms with E-state index in [9.17, 15) is 0 Å². The van der Waals surface area contributed by atoms with Crippen LogP contribution in [0, 0.1) is 0 Å². The number of halogens is 1. The van der Waals surface area contributed by atoms with Crippen molar-refractivity contribution in [1.82, 2.24) is 5.32 Å². The molecule has 1 heterocycles. The molecule has 0 saturated heterocycles. The number of rotatable bonds is 7. The second-order valence-corrected chi connectivity index (χ2v) is 5.70. The summed E-state index contributed by atoms with van der Waals surface area (Å²) in [5, 5.41) is 5.55. The van der Waals surface area contributed by atoms with E-state index in [1.807, 2.05) is 0 Å². The fourth-order valence-electron chi connectivity index (χ4n) is 1.37. The number of nitrogens with one attached hydrogen (secondary N) is 1. The maximum Gasteiger partial charge on any atom is 0.0327 e. The van der Waals surface area contributed by atoms with Crippen molar-refractivity contribution >= 4 is 27.3 Å². The number of nitrogens with two attached hydrogens (primary N) is 1. The highest BCUT2D eigenvalue weighted by molar-refractivity contribution is 9.10. The maximum absolute atomic E-state index is 5.68. The molecule has 1 unspecified atom stereocenters. The molecule has 0 bridgehead atoms. The monoisotopic (exact) mass is 290 g/mol. The molecule has 4 heteroatoms. The van der Waals surface area contributed by atoms with E-state index in [1.165, 1.54) is 22.2 Å². The molecule has 15 heavy (non-hydrogen) atoms. The second kappa shape index (κ2) is 7.39. The highest BCUT2D eigenvalue weighted by atomic mass is 79.9. The lowest BCUT2D eigenvalue weighted by Gasteiger charge is -2.05. The van der Waals surface area contributed by atoms with Gasteiger partial charge in [-0.3, -0.25) is 0 Å². The molecule has 0 spiro atoms. The minimum atomic E-state index is 0.344. The van der Waals surface area contributed by atoms with Gasteiger partial charge in [0.05, 0.1) is 0 Å². The van der Waals surface area contributed by atoms with Gasteiger partial charge in [-0.1, -0.05) is 6.42 Å². The average Bonchev–Trinajstić information content (AvgIpc) is 2.57. The van der Waals surface area contributed by atoms with Gasteiger partial charge >= 0.3 is 0 Å². The van der Waals surface area contributed by atoms with E-state index in [-0.39, 0.29) is 0 Å². The zero-order chi connectivity index (χ0) is 11.1. The van der Waals surface area contributed by atoms with Gasteiger partial charge in [-0.05, 0) is 53.7 Å². The van der Waals surface area contributed by atoms with E-state index in [4.69, 9.17) is 5.73 Å². The van der Waals surface area contributed by atoms with Crippen LogP contribution in [0.15, 0.2) is 15.9 Å². The van der Waals surface area contributed by atoms with Crippen LogP contribution in [0.4, 0.5) is 0 Å². The third-order valence-electron chi connectivity index (χ3n) is 2.24. The predicted octanol–water partition coefficient (Wildman–Crippen LogP) is 3.12. The standard InChI is InChI=1S/C11H19BrN2S/c1-9(13)4-2-3-6-14-8-11-10(12)5-7-15-11/h5,7,9,14H,2-4,6,8,13H2,1H3. The second-order valence-electron chi connectivity index (χ2n) is 3.84. The van der Waals surface area contributed by atoms with Crippen molar-refractivity contribution in [3.8, 4) is 0 Å². The summed E-state index contributed by atoms with van der Waals surface area (Å²) >= 11 is 5.31. The van der Waals surface area contributed by atoms with Gasteiger partial charge in [0.2, 0.25) is 0 Å². The van der Waals surface area contributed by atoms with Gasteiger partial charge in [-0.2, -0.15) is 0 Å². The van der Waals surface area contributed by atoms with E-state index >= 15 is 0 Å². The predicted molar refractivity (Wildman–Crippen MR) is 71.2 cm³/mol. The Kier molecular flexibility index (Phi) is 6.48. The average molecular weight is 291 g/mol. The number of hydrogen-bond acceptors (Lipinski definition) is 3. The SMILES string of the molecule is CC(N)CCCCNCc1sccc1Br. The molecule has 3 N–H and O–H groups in total. The molecule has 0 fully saturated rings. The van der Waals surface area contributed by atoms with E-state index in [1.54, 1.807) is 11.3 Å². The molecule has 2 nitrogen and oxygen atoms in total. The van der Waals surface area contributed by atoms with Crippen LogP contribution in [0.3, 0.4) is 0 Å². The largest absolute Gasteiger partial charge is 0.328 e. The minimum absolute atomic E-state index is 0.344. The Labute approximate surface area is 104 Å². The van der Waals surface area contributed by atoms with Crippen molar-refractivity contribution in [3.05, 3.63) is 20.8 Å². The Bertz CT molecular complexity index is 273. The first-order valence-electron chi connectivity index (χ1n) is 5.38. The Morgan fingerprint density at radius 3 is 2.93 bits per heavy atom. The van der Waals surface area contributed by atoms with Gasteiger partial charge in [-0.15, -0.1) is 11.3 Å². The summed E-state index contributed by atoms with van der Waals surface area (Å²) in [7, 11) is 0. The molecule has 0 aliphatic carbocycles. The highest BCUT2D eigenvalue weighted by Gasteiger charge is 2.00. The molecule has 86 valence electrons. The fraction of sp³-hybridized carbons (Fsp3) is 0.636. The van der Waals surface area contributed by atoms with E-state index < -0.39 is 0 Å². The quantitative estimate of drug-likeness (QED) is 0.758. The van der Waals surface area contributed by atoms with Gasteiger partial charge in [-0.25, -0.2) is 0 Å². The lowest BCUT2D eigenvalue weighted by Crippen LogP contribution is -2.17. The smallest absolute Gasteiger partial charge is 0.0327 e. The molecule has 0 saturated carbocycles. The lowest BCUT2D eigenvalue weighted by molar-refractivity contribution is 0.564. The molecule has 1 aromatic rings. The Hall–Kier alpha value is 0.100. The number of hydrogen-bond donors (Lipinski definition) is 2. The van der Waals surface area contributed by atoms with Crippen LogP contribution in [-0.4, -0.2) is 12.6 Å². The van der Waals surface area contributed by atoms with Gasteiger partial charge in [0.25, 0.3) is 0 Å². The van der Waals surface area contributed by atoms with E-state index in [0.717, 1.165) is 19.5 Å². The molecule has 1 rings (SSSR count). The lowest BCUT2D eigenvalue weighted by atomic mass is 10.1. The molecule has 0 aliphatic heterocycles. The van der Waals surface area contributed by atoms with Gasteiger partial charge in [0.1, 0.15) is 0 Å². The van der Waals surface area contributed by atoms with Crippen molar-refractivity contribution in [2.24, 2.45) is 5.73 Å². The zero-order valence-electron chi connectivity index (χ0n) is 9.13. The molecule has 0 radical (unpaired) electrons. The summed E-state index contributed by atoms with van der Waals surface area (Å²) in [5.74, 6) is 0. The summed E-state index contributed by atoms with van der Waals surface area (Å²) in [6.07, 6.45) is 3.56. The minimum Gasteiger partial charge on any atom is -0.328 e. The Morgan fingerprint density at radius 2 is 2.33 bits per heavy atom. The van der Waals surface area contributed by atoms with Crippen LogP contribution in [0.1, 0.15) is 31.1 Å². The van der Waals surface area contributed by atoms with Crippen molar-refractivity contribution in [3.63, 3.8) is 0 Å². The molecular weight excluding hydrogens is 272 g/mol. The molecule has 0 aliphatic rings. The molecule has 0 aromatic carbocycles. The van der Waals surface area contributed by atoms with Crippen molar-refractivity contribution in [1.29, 1.82) is 0 Å². The summed E-state index contributed by atoms with van der Waals surface area (Å²) < 4.78 is 1.22. The first-order chi connectivity index (χ1) is 7.20. The first kappa shape index (κ1) is 13.2. The van der Waals surface area contributed by atoms with Gasteiger partial charge in [0.15, 0.2) is 0 Å². The summed E-state index contributed by atoms with van der Waals surface area (Å²) in [6, 6.07) is 2.44. The van der Waals surface area contributed by atoms with Gasteiger partial charge in [0, 0.05) is 21.9 Å².